The van der Waals surface area contributed by atoms with Gasteiger partial charge in [0.15, 0.2) is 0 Å². The molecule has 76 valence electrons. The number of benzene rings is 1. The quantitative estimate of drug-likeness (QED) is 0.769. The van der Waals surface area contributed by atoms with Crippen molar-refractivity contribution >= 4 is 5.69 Å². The number of halogens is 1. The van der Waals surface area contributed by atoms with Gasteiger partial charge in [-0.05, 0) is 31.2 Å². The molecule has 1 aliphatic rings. The van der Waals surface area contributed by atoms with Crippen LogP contribution in [-0.4, -0.2) is 26.2 Å². The Kier molecular flexibility index (Phi) is 2.68. The van der Waals surface area contributed by atoms with Crippen LogP contribution in [0.4, 0.5) is 10.1 Å². The molecule has 0 spiro atoms. The highest BCUT2D eigenvalue weighted by molar-refractivity contribution is 5.46. The molecule has 2 rings (SSSR count). The first-order valence-corrected chi connectivity index (χ1v) is 4.96. The summed E-state index contributed by atoms with van der Waals surface area (Å²) in [5.41, 5.74) is 0.957. The number of nitrogens with one attached hydrogen (secondary N) is 1. The molecule has 1 atom stereocenters. The molecular formula is C11H15FN2. The van der Waals surface area contributed by atoms with E-state index >= 15 is 0 Å². The summed E-state index contributed by atoms with van der Waals surface area (Å²) >= 11 is 0. The highest BCUT2D eigenvalue weighted by atomic mass is 19.1. The van der Waals surface area contributed by atoms with Crippen LogP contribution in [0.2, 0.25) is 0 Å². The summed E-state index contributed by atoms with van der Waals surface area (Å²) in [4.78, 5) is 2.14. The van der Waals surface area contributed by atoms with Gasteiger partial charge in [-0.2, -0.15) is 0 Å². The van der Waals surface area contributed by atoms with E-state index in [2.05, 4.69) is 10.2 Å². The summed E-state index contributed by atoms with van der Waals surface area (Å²) < 4.78 is 13.0. The molecule has 14 heavy (non-hydrogen) atoms. The maximum atomic E-state index is 13.0. The van der Waals surface area contributed by atoms with Crippen LogP contribution >= 0.6 is 0 Å². The number of anilines is 1. The van der Waals surface area contributed by atoms with Gasteiger partial charge in [-0.3, -0.25) is 0 Å². The zero-order chi connectivity index (χ0) is 9.97. The minimum atomic E-state index is -0.166. The van der Waals surface area contributed by atoms with E-state index in [0.717, 1.165) is 25.2 Å². The van der Waals surface area contributed by atoms with E-state index < -0.39 is 0 Å². The van der Waals surface area contributed by atoms with Crippen molar-refractivity contribution < 1.29 is 4.39 Å². The fourth-order valence-electron chi connectivity index (χ4n) is 1.88. The number of likely N-dealkylation sites (N-methyl/N-ethyl adjacent to an activating group) is 1. The van der Waals surface area contributed by atoms with Crippen molar-refractivity contribution in [3.8, 4) is 0 Å². The summed E-state index contributed by atoms with van der Waals surface area (Å²) in [7, 11) is 2.02. The van der Waals surface area contributed by atoms with Crippen molar-refractivity contribution in [3.05, 3.63) is 30.1 Å². The topological polar surface area (TPSA) is 15.3 Å². The van der Waals surface area contributed by atoms with Crippen molar-refractivity contribution in [2.24, 2.45) is 0 Å². The van der Waals surface area contributed by atoms with Gasteiger partial charge in [0.05, 0.1) is 0 Å². The lowest BCUT2D eigenvalue weighted by Gasteiger charge is -2.25. The summed E-state index contributed by atoms with van der Waals surface area (Å²) in [6.45, 7) is 2.05. The van der Waals surface area contributed by atoms with Gasteiger partial charge in [-0.1, -0.05) is 6.07 Å². The Morgan fingerprint density at radius 3 is 3.00 bits per heavy atom. The monoisotopic (exact) mass is 194 g/mol. The first kappa shape index (κ1) is 9.46. The summed E-state index contributed by atoms with van der Waals surface area (Å²) in [6.07, 6.45) is 1.13. The third kappa shape index (κ3) is 1.87. The fraction of sp³-hybridized carbons (Fsp3) is 0.455. The molecule has 1 aromatic rings. The lowest BCUT2D eigenvalue weighted by atomic mass is 10.2. The van der Waals surface area contributed by atoms with Crippen LogP contribution in [0.25, 0.3) is 0 Å². The SMILES string of the molecule is CN(c1cccc(F)c1)C1CCNC1. The van der Waals surface area contributed by atoms with Gasteiger partial charge in [0, 0.05) is 25.3 Å². The Hall–Kier alpha value is -1.09. The van der Waals surface area contributed by atoms with Crippen LogP contribution in [-0.2, 0) is 0 Å². The zero-order valence-corrected chi connectivity index (χ0v) is 8.33. The Balaban J connectivity index is 2.13. The van der Waals surface area contributed by atoms with Crippen molar-refractivity contribution in [1.29, 1.82) is 0 Å². The molecule has 0 bridgehead atoms. The third-order valence-corrected chi connectivity index (χ3v) is 2.80. The van der Waals surface area contributed by atoms with Crippen LogP contribution in [0.3, 0.4) is 0 Å². The fourth-order valence-corrected chi connectivity index (χ4v) is 1.88. The van der Waals surface area contributed by atoms with Crippen molar-refractivity contribution in [2.75, 3.05) is 25.0 Å². The Bertz CT molecular complexity index is 308. The molecule has 2 nitrogen and oxygen atoms in total. The third-order valence-electron chi connectivity index (χ3n) is 2.80. The zero-order valence-electron chi connectivity index (χ0n) is 8.33. The van der Waals surface area contributed by atoms with Crippen LogP contribution < -0.4 is 10.2 Å². The first-order valence-electron chi connectivity index (χ1n) is 4.96. The normalized spacial score (nSPS) is 21.1. The average Bonchev–Trinajstić information content (AvgIpc) is 2.69. The molecule has 0 aliphatic carbocycles. The first-order chi connectivity index (χ1) is 6.77. The summed E-state index contributed by atoms with van der Waals surface area (Å²) in [5, 5.41) is 3.30. The number of rotatable bonds is 2. The maximum absolute atomic E-state index is 13.0. The molecule has 0 amide bonds. The second-order valence-electron chi connectivity index (χ2n) is 3.74. The molecule has 1 aliphatic heterocycles. The van der Waals surface area contributed by atoms with Gasteiger partial charge in [-0.15, -0.1) is 0 Å². The molecule has 1 N–H and O–H groups in total. The second kappa shape index (κ2) is 3.96. The predicted octanol–water partition coefficient (Wildman–Crippen LogP) is 1.62. The van der Waals surface area contributed by atoms with Crippen molar-refractivity contribution in [3.63, 3.8) is 0 Å². The Morgan fingerprint density at radius 2 is 2.36 bits per heavy atom. The highest BCUT2D eigenvalue weighted by Gasteiger charge is 2.19. The maximum Gasteiger partial charge on any atom is 0.125 e. The van der Waals surface area contributed by atoms with Crippen LogP contribution in [0, 0.1) is 5.82 Å². The Morgan fingerprint density at radius 1 is 1.50 bits per heavy atom. The lowest BCUT2D eigenvalue weighted by Crippen LogP contribution is -2.33. The number of nitrogens with zero attached hydrogens (tertiary/aromatic N) is 1. The highest BCUT2D eigenvalue weighted by Crippen LogP contribution is 2.18. The van der Waals surface area contributed by atoms with Gasteiger partial charge in [0.25, 0.3) is 0 Å². The lowest BCUT2D eigenvalue weighted by molar-refractivity contribution is 0.623. The minimum absolute atomic E-state index is 0.166. The smallest absolute Gasteiger partial charge is 0.125 e. The van der Waals surface area contributed by atoms with E-state index in [-0.39, 0.29) is 5.82 Å². The van der Waals surface area contributed by atoms with E-state index in [0.29, 0.717) is 6.04 Å². The summed E-state index contributed by atoms with van der Waals surface area (Å²) in [5.74, 6) is -0.166. The number of hydrogen-bond acceptors (Lipinski definition) is 2. The molecule has 1 heterocycles. The van der Waals surface area contributed by atoms with E-state index in [1.165, 1.54) is 6.07 Å². The van der Waals surface area contributed by atoms with E-state index in [9.17, 15) is 4.39 Å². The molecule has 0 aromatic heterocycles. The van der Waals surface area contributed by atoms with Crippen LogP contribution in [0.5, 0.6) is 0 Å². The van der Waals surface area contributed by atoms with Crippen molar-refractivity contribution in [2.45, 2.75) is 12.5 Å². The standard InChI is InChI=1S/C11H15FN2/c1-14(11-5-6-13-8-11)10-4-2-3-9(12)7-10/h2-4,7,11,13H,5-6,8H2,1H3. The molecule has 1 fully saturated rings. The van der Waals surface area contributed by atoms with Gasteiger partial charge < -0.3 is 10.2 Å². The van der Waals surface area contributed by atoms with Crippen LogP contribution in [0.1, 0.15) is 6.42 Å². The van der Waals surface area contributed by atoms with Gasteiger partial charge in [0.2, 0.25) is 0 Å². The average molecular weight is 194 g/mol. The minimum Gasteiger partial charge on any atom is -0.370 e. The molecule has 0 saturated carbocycles. The number of hydrogen-bond donors (Lipinski definition) is 1. The van der Waals surface area contributed by atoms with E-state index in [1.54, 1.807) is 12.1 Å². The van der Waals surface area contributed by atoms with E-state index in [1.807, 2.05) is 13.1 Å². The van der Waals surface area contributed by atoms with Gasteiger partial charge >= 0.3 is 0 Å². The van der Waals surface area contributed by atoms with Gasteiger partial charge in [-0.25, -0.2) is 4.39 Å². The van der Waals surface area contributed by atoms with Gasteiger partial charge in [0.1, 0.15) is 5.82 Å². The molecule has 1 unspecified atom stereocenters. The van der Waals surface area contributed by atoms with E-state index in [4.69, 9.17) is 0 Å². The van der Waals surface area contributed by atoms with Crippen molar-refractivity contribution in [1.82, 2.24) is 5.32 Å². The Labute approximate surface area is 83.7 Å². The summed E-state index contributed by atoms with van der Waals surface area (Å²) in [6, 6.07) is 7.25. The molecule has 0 radical (unpaired) electrons. The largest absolute Gasteiger partial charge is 0.370 e. The second-order valence-corrected chi connectivity index (χ2v) is 3.74. The molecule has 1 saturated heterocycles. The molecular weight excluding hydrogens is 179 g/mol. The van der Waals surface area contributed by atoms with Crippen LogP contribution in [0.15, 0.2) is 24.3 Å². The molecule has 1 aromatic carbocycles. The molecule has 3 heteroatoms. The predicted molar refractivity (Wildman–Crippen MR) is 56.1 cm³/mol.